The number of aromatic nitrogens is 2. The van der Waals surface area contributed by atoms with E-state index in [2.05, 4.69) is 15.3 Å². The number of anilines is 1. The van der Waals surface area contributed by atoms with Gasteiger partial charge in [0.15, 0.2) is 0 Å². The lowest BCUT2D eigenvalue weighted by Gasteiger charge is -2.25. The fraction of sp³-hybridized carbons (Fsp3) is 0.636. The van der Waals surface area contributed by atoms with Gasteiger partial charge >= 0.3 is 5.69 Å². The summed E-state index contributed by atoms with van der Waals surface area (Å²) in [6.45, 7) is 8.09. The Morgan fingerprint density at radius 2 is 2.11 bits per heavy atom. The van der Waals surface area contributed by atoms with Crippen molar-refractivity contribution in [3.05, 3.63) is 21.1 Å². The van der Waals surface area contributed by atoms with Crippen molar-refractivity contribution < 1.29 is 9.66 Å². The number of nitrogens with zero attached hydrogens (tertiary/aromatic N) is 3. The fourth-order valence-corrected chi connectivity index (χ4v) is 1.82. The summed E-state index contributed by atoms with van der Waals surface area (Å²) in [4.78, 5) is 18.1. The average Bonchev–Trinajstić information content (AvgIpc) is 2.24. The van der Waals surface area contributed by atoms with Crippen LogP contribution in [0.5, 0.6) is 0 Å². The van der Waals surface area contributed by atoms with Gasteiger partial charge in [-0.05, 0) is 39.3 Å². The van der Waals surface area contributed by atoms with Crippen molar-refractivity contribution in [2.24, 2.45) is 0 Å². The standard InChI is InChI=1S/C11H17ClN4O3/c1-5-19-11(3,4)6-13-9-8(16(17)18)7(2)14-10(12)15-9/h5-6H2,1-4H3,(H,13,14,15). The molecule has 8 heteroatoms. The van der Waals surface area contributed by atoms with Crippen LogP contribution < -0.4 is 5.32 Å². The number of halogens is 1. The molecule has 0 aliphatic rings. The molecule has 0 atom stereocenters. The van der Waals surface area contributed by atoms with Gasteiger partial charge in [0, 0.05) is 13.2 Å². The summed E-state index contributed by atoms with van der Waals surface area (Å²) in [6, 6.07) is 0. The van der Waals surface area contributed by atoms with Crippen LogP contribution >= 0.6 is 11.6 Å². The molecule has 0 bridgehead atoms. The Morgan fingerprint density at radius 1 is 1.47 bits per heavy atom. The van der Waals surface area contributed by atoms with Crippen LogP contribution in [0.3, 0.4) is 0 Å². The number of rotatable bonds is 6. The molecule has 1 rings (SSSR count). The summed E-state index contributed by atoms with van der Waals surface area (Å²) in [5.74, 6) is 0.107. The van der Waals surface area contributed by atoms with Crippen LogP contribution in [0.1, 0.15) is 26.5 Å². The van der Waals surface area contributed by atoms with Crippen molar-refractivity contribution in [2.75, 3.05) is 18.5 Å². The quantitative estimate of drug-likeness (QED) is 0.491. The van der Waals surface area contributed by atoms with Crippen LogP contribution in [0, 0.1) is 17.0 Å². The van der Waals surface area contributed by atoms with E-state index in [0.717, 1.165) is 0 Å². The zero-order chi connectivity index (χ0) is 14.6. The van der Waals surface area contributed by atoms with E-state index in [9.17, 15) is 10.1 Å². The molecule has 0 aromatic carbocycles. The Bertz CT molecular complexity index is 479. The van der Waals surface area contributed by atoms with Crippen molar-refractivity contribution in [1.29, 1.82) is 0 Å². The van der Waals surface area contributed by atoms with Crippen LogP contribution in [0.15, 0.2) is 0 Å². The second-order valence-electron chi connectivity index (χ2n) is 4.58. The van der Waals surface area contributed by atoms with E-state index < -0.39 is 10.5 Å². The second-order valence-corrected chi connectivity index (χ2v) is 4.92. The molecule has 0 radical (unpaired) electrons. The maximum absolute atomic E-state index is 11.0. The molecule has 7 nitrogen and oxygen atoms in total. The summed E-state index contributed by atoms with van der Waals surface area (Å²) in [7, 11) is 0. The van der Waals surface area contributed by atoms with Crippen molar-refractivity contribution in [2.45, 2.75) is 33.3 Å². The predicted molar refractivity (Wildman–Crippen MR) is 72.6 cm³/mol. The molecule has 0 saturated heterocycles. The van der Waals surface area contributed by atoms with E-state index >= 15 is 0 Å². The number of nitrogens with one attached hydrogen (secondary N) is 1. The molecular formula is C11H17ClN4O3. The minimum Gasteiger partial charge on any atom is -0.374 e. The van der Waals surface area contributed by atoms with E-state index in [1.165, 1.54) is 6.92 Å². The molecule has 1 heterocycles. The summed E-state index contributed by atoms with van der Waals surface area (Å²) in [6.07, 6.45) is 0. The van der Waals surface area contributed by atoms with E-state index in [0.29, 0.717) is 13.2 Å². The zero-order valence-corrected chi connectivity index (χ0v) is 12.1. The Labute approximate surface area is 116 Å². The van der Waals surface area contributed by atoms with Crippen LogP contribution in [0.4, 0.5) is 11.5 Å². The molecule has 0 aliphatic carbocycles. The summed E-state index contributed by atoms with van der Waals surface area (Å²) in [5.41, 5.74) is -0.410. The highest BCUT2D eigenvalue weighted by atomic mass is 35.5. The highest BCUT2D eigenvalue weighted by Crippen LogP contribution is 2.27. The molecule has 0 fully saturated rings. The van der Waals surface area contributed by atoms with E-state index in [1.807, 2.05) is 20.8 Å². The molecule has 0 saturated carbocycles. The van der Waals surface area contributed by atoms with E-state index in [1.54, 1.807) is 0 Å². The zero-order valence-electron chi connectivity index (χ0n) is 11.4. The molecule has 0 unspecified atom stereocenters. The molecule has 0 aliphatic heterocycles. The van der Waals surface area contributed by atoms with Gasteiger partial charge in [0.05, 0.1) is 10.5 Å². The Morgan fingerprint density at radius 3 is 2.63 bits per heavy atom. The van der Waals surface area contributed by atoms with Gasteiger partial charge in [-0.25, -0.2) is 4.98 Å². The maximum atomic E-state index is 11.0. The van der Waals surface area contributed by atoms with Crippen LogP contribution in [0.2, 0.25) is 5.28 Å². The number of aryl methyl sites for hydroxylation is 1. The fourth-order valence-electron chi connectivity index (χ4n) is 1.61. The van der Waals surface area contributed by atoms with Gasteiger partial charge in [-0.15, -0.1) is 0 Å². The monoisotopic (exact) mass is 288 g/mol. The van der Waals surface area contributed by atoms with Gasteiger partial charge in [0.25, 0.3) is 0 Å². The minimum atomic E-state index is -0.526. The molecule has 1 aromatic heterocycles. The lowest BCUT2D eigenvalue weighted by molar-refractivity contribution is -0.385. The number of ether oxygens (including phenoxy) is 1. The largest absolute Gasteiger partial charge is 0.374 e. The highest BCUT2D eigenvalue weighted by molar-refractivity contribution is 6.28. The van der Waals surface area contributed by atoms with Gasteiger partial charge in [-0.3, -0.25) is 10.1 Å². The third-order valence-corrected chi connectivity index (χ3v) is 2.60. The smallest absolute Gasteiger partial charge is 0.332 e. The first-order chi connectivity index (χ1) is 8.76. The third-order valence-electron chi connectivity index (χ3n) is 2.43. The molecule has 1 N–H and O–H groups in total. The first kappa shape index (κ1) is 15.6. The van der Waals surface area contributed by atoms with Gasteiger partial charge in [0.2, 0.25) is 11.1 Å². The van der Waals surface area contributed by atoms with Crippen LogP contribution in [0.25, 0.3) is 0 Å². The van der Waals surface area contributed by atoms with E-state index in [4.69, 9.17) is 16.3 Å². The molecule has 0 amide bonds. The minimum absolute atomic E-state index is 0.0279. The lowest BCUT2D eigenvalue weighted by atomic mass is 10.1. The number of hydrogen-bond donors (Lipinski definition) is 1. The van der Waals surface area contributed by atoms with Crippen LogP contribution in [-0.4, -0.2) is 33.6 Å². The van der Waals surface area contributed by atoms with Gasteiger partial charge in [-0.2, -0.15) is 4.98 Å². The summed E-state index contributed by atoms with van der Waals surface area (Å²) < 4.78 is 5.50. The molecule has 106 valence electrons. The highest BCUT2D eigenvalue weighted by Gasteiger charge is 2.24. The number of hydrogen-bond acceptors (Lipinski definition) is 6. The lowest BCUT2D eigenvalue weighted by Crippen LogP contribution is -2.33. The summed E-state index contributed by atoms with van der Waals surface area (Å²) in [5, 5.41) is 13.9. The molecular weight excluding hydrogens is 272 g/mol. The number of nitro groups is 1. The van der Waals surface area contributed by atoms with Crippen molar-refractivity contribution in [3.63, 3.8) is 0 Å². The SMILES string of the molecule is CCOC(C)(C)CNc1nc(Cl)nc(C)c1[N+](=O)[O-]. The average molecular weight is 289 g/mol. The molecule has 1 aromatic rings. The van der Waals surface area contributed by atoms with Crippen molar-refractivity contribution in [3.8, 4) is 0 Å². The third kappa shape index (κ3) is 4.29. The topological polar surface area (TPSA) is 90.2 Å². The maximum Gasteiger partial charge on any atom is 0.332 e. The van der Waals surface area contributed by atoms with E-state index in [-0.39, 0.29) is 22.5 Å². The molecule has 19 heavy (non-hydrogen) atoms. The first-order valence-corrected chi connectivity index (χ1v) is 6.21. The van der Waals surface area contributed by atoms with Gasteiger partial charge < -0.3 is 10.1 Å². The Kier molecular flexibility index (Phi) is 5.02. The van der Waals surface area contributed by atoms with Gasteiger partial charge in [-0.1, -0.05) is 0 Å². The Balaban J connectivity index is 2.97. The van der Waals surface area contributed by atoms with Crippen molar-refractivity contribution in [1.82, 2.24) is 9.97 Å². The second kappa shape index (κ2) is 6.12. The summed E-state index contributed by atoms with van der Waals surface area (Å²) >= 11 is 5.72. The van der Waals surface area contributed by atoms with Gasteiger partial charge in [0.1, 0.15) is 5.69 Å². The first-order valence-electron chi connectivity index (χ1n) is 5.83. The molecule has 0 spiro atoms. The Hall–Kier alpha value is -1.47. The predicted octanol–water partition coefficient (Wildman–Crippen LogP) is 2.57. The van der Waals surface area contributed by atoms with Crippen LogP contribution in [-0.2, 0) is 4.74 Å². The normalized spacial score (nSPS) is 11.4. The van der Waals surface area contributed by atoms with Crippen molar-refractivity contribution >= 4 is 23.1 Å².